The van der Waals surface area contributed by atoms with Crippen molar-refractivity contribution in [2.24, 2.45) is 10.5 Å². The van der Waals surface area contributed by atoms with Gasteiger partial charge in [-0.2, -0.15) is 16.9 Å². The maximum absolute atomic E-state index is 12.9. The molecule has 0 saturated heterocycles. The number of nitrogens with zero attached hydrogens (tertiary/aromatic N) is 3. The second-order valence-electron chi connectivity index (χ2n) is 7.86. The summed E-state index contributed by atoms with van der Waals surface area (Å²) in [7, 11) is 1.81. The van der Waals surface area contributed by atoms with Gasteiger partial charge in [-0.1, -0.05) is 46.6 Å². The van der Waals surface area contributed by atoms with E-state index in [-0.39, 0.29) is 17.9 Å². The lowest BCUT2D eigenvalue weighted by molar-refractivity contribution is -0.119. The van der Waals surface area contributed by atoms with Crippen LogP contribution in [-0.2, 0) is 4.79 Å². The van der Waals surface area contributed by atoms with E-state index >= 15 is 0 Å². The van der Waals surface area contributed by atoms with Crippen LogP contribution < -0.4 is 4.90 Å². The molecule has 0 spiro atoms. The number of hydrogen-bond donors (Lipinski definition) is 0. The summed E-state index contributed by atoms with van der Waals surface area (Å²) < 4.78 is 0.991. The van der Waals surface area contributed by atoms with Crippen LogP contribution in [0.4, 0.5) is 5.69 Å². The fourth-order valence-electron chi connectivity index (χ4n) is 3.76. The van der Waals surface area contributed by atoms with Crippen LogP contribution >= 0.6 is 39.3 Å². The summed E-state index contributed by atoms with van der Waals surface area (Å²) in [6.45, 7) is 3.24. The summed E-state index contributed by atoms with van der Waals surface area (Å²) in [5, 5.41) is 7.53. The van der Waals surface area contributed by atoms with Crippen LogP contribution in [0.15, 0.2) is 58.1 Å². The molecule has 2 aromatic rings. The number of hydrazone groups is 1. The number of amides is 1. The van der Waals surface area contributed by atoms with Crippen molar-refractivity contribution in [2.75, 3.05) is 37.0 Å². The third-order valence-electron chi connectivity index (χ3n) is 5.45. The smallest absolute Gasteiger partial charge is 0.248 e. The fraction of sp³-hybridized carbons (Fsp3) is 0.391. The topological polar surface area (TPSA) is 35.9 Å². The molecule has 160 valence electrons. The Hall–Kier alpha value is -1.50. The molecule has 0 aliphatic carbocycles. The zero-order valence-corrected chi connectivity index (χ0v) is 20.7. The summed E-state index contributed by atoms with van der Waals surface area (Å²) in [6, 6.07) is 15.6. The highest BCUT2D eigenvalue weighted by molar-refractivity contribution is 9.10. The molecule has 0 N–H and O–H groups in total. The van der Waals surface area contributed by atoms with Crippen molar-refractivity contribution in [1.29, 1.82) is 0 Å². The minimum Gasteiger partial charge on any atom is -0.314 e. The maximum atomic E-state index is 12.9. The molecular weight excluding hydrogens is 482 g/mol. The van der Waals surface area contributed by atoms with E-state index in [1.54, 1.807) is 4.90 Å². The molecule has 0 bridgehead atoms. The molecule has 3 rings (SSSR count). The third-order valence-corrected chi connectivity index (χ3v) is 6.92. The van der Waals surface area contributed by atoms with Crippen LogP contribution in [0.3, 0.4) is 0 Å². The Balaban J connectivity index is 1.78. The zero-order valence-electron chi connectivity index (χ0n) is 17.6. The lowest BCUT2D eigenvalue weighted by Gasteiger charge is -2.27. The number of hydrogen-bond acceptors (Lipinski definition) is 4. The van der Waals surface area contributed by atoms with E-state index < -0.39 is 0 Å². The van der Waals surface area contributed by atoms with Crippen LogP contribution in [0, 0.1) is 5.41 Å². The van der Waals surface area contributed by atoms with Crippen molar-refractivity contribution in [3.8, 4) is 0 Å². The molecule has 1 amide bonds. The van der Waals surface area contributed by atoms with E-state index in [2.05, 4.69) is 29.1 Å². The molecule has 0 fully saturated rings. The van der Waals surface area contributed by atoms with Gasteiger partial charge >= 0.3 is 0 Å². The molecule has 4 nitrogen and oxygen atoms in total. The molecule has 1 heterocycles. The van der Waals surface area contributed by atoms with Crippen molar-refractivity contribution >= 4 is 56.6 Å². The summed E-state index contributed by atoms with van der Waals surface area (Å²) in [4.78, 5) is 14.6. The number of benzene rings is 2. The Labute approximate surface area is 196 Å². The first-order valence-electron chi connectivity index (χ1n) is 9.93. The Morgan fingerprint density at radius 3 is 2.53 bits per heavy atom. The van der Waals surface area contributed by atoms with Gasteiger partial charge in [-0.05, 0) is 66.8 Å². The van der Waals surface area contributed by atoms with Gasteiger partial charge in [-0.25, -0.2) is 0 Å². The quantitative estimate of drug-likeness (QED) is 0.414. The number of carbonyl (C=O) groups is 1. The van der Waals surface area contributed by atoms with E-state index in [9.17, 15) is 4.79 Å². The van der Waals surface area contributed by atoms with E-state index in [0.29, 0.717) is 5.02 Å². The van der Waals surface area contributed by atoms with Gasteiger partial charge in [0, 0.05) is 34.2 Å². The molecule has 1 aliphatic heterocycles. The first kappa shape index (κ1) is 23.2. The Morgan fingerprint density at radius 1 is 1.23 bits per heavy atom. The SMILES string of the molecule is CSCCCC1(C)CN(CC(=O)N(C)c2ccc(Br)cc2)N=C1c1ccc(Cl)cc1. The molecule has 30 heavy (non-hydrogen) atoms. The van der Waals surface area contributed by atoms with Crippen LogP contribution in [0.25, 0.3) is 0 Å². The molecule has 0 aromatic heterocycles. The van der Waals surface area contributed by atoms with Crippen LogP contribution in [0.1, 0.15) is 25.3 Å². The molecule has 1 atom stereocenters. The second kappa shape index (κ2) is 10.2. The minimum absolute atomic E-state index is 0.0184. The van der Waals surface area contributed by atoms with Gasteiger partial charge in [-0.15, -0.1) is 0 Å². The van der Waals surface area contributed by atoms with Gasteiger partial charge in [0.2, 0.25) is 5.91 Å². The lowest BCUT2D eigenvalue weighted by Crippen LogP contribution is -2.38. The average Bonchev–Trinajstić information content (AvgIpc) is 3.05. The number of anilines is 1. The van der Waals surface area contributed by atoms with E-state index in [4.69, 9.17) is 16.7 Å². The van der Waals surface area contributed by atoms with Gasteiger partial charge in [0.1, 0.15) is 6.54 Å². The van der Waals surface area contributed by atoms with E-state index in [0.717, 1.165) is 46.6 Å². The van der Waals surface area contributed by atoms with Crippen LogP contribution in [-0.4, -0.2) is 48.8 Å². The first-order valence-corrected chi connectivity index (χ1v) is 12.5. The van der Waals surface area contributed by atoms with Crippen molar-refractivity contribution in [2.45, 2.75) is 19.8 Å². The van der Waals surface area contributed by atoms with E-state index in [1.807, 2.05) is 72.3 Å². The predicted octanol–water partition coefficient (Wildman–Crippen LogP) is 5.93. The second-order valence-corrected chi connectivity index (χ2v) is 10.2. The van der Waals surface area contributed by atoms with Gasteiger partial charge in [0.25, 0.3) is 0 Å². The van der Waals surface area contributed by atoms with Crippen LogP contribution in [0.2, 0.25) is 5.02 Å². The van der Waals surface area contributed by atoms with Crippen molar-refractivity contribution in [3.63, 3.8) is 0 Å². The zero-order chi connectivity index (χ0) is 21.7. The Morgan fingerprint density at radius 2 is 1.90 bits per heavy atom. The van der Waals surface area contributed by atoms with Gasteiger partial charge in [-0.3, -0.25) is 9.80 Å². The normalized spacial score (nSPS) is 18.4. The molecular formula is C23H27BrClN3OS. The maximum Gasteiger partial charge on any atom is 0.248 e. The highest BCUT2D eigenvalue weighted by atomic mass is 79.9. The highest BCUT2D eigenvalue weighted by Gasteiger charge is 2.39. The lowest BCUT2D eigenvalue weighted by atomic mass is 9.78. The number of carbonyl (C=O) groups excluding carboxylic acids is 1. The summed E-state index contributed by atoms with van der Waals surface area (Å²) in [6.07, 6.45) is 4.28. The standard InChI is InChI=1S/C23H27BrClN3OS/c1-23(13-4-14-30-3)16-28(26-22(23)17-5-9-19(25)10-6-17)15-21(29)27(2)20-11-7-18(24)8-12-20/h5-12H,4,13-16H2,1-3H3. The summed E-state index contributed by atoms with van der Waals surface area (Å²) in [5.74, 6) is 1.14. The van der Waals surface area contributed by atoms with Gasteiger partial charge < -0.3 is 4.90 Å². The fourth-order valence-corrected chi connectivity index (χ4v) is 4.58. The highest BCUT2D eigenvalue weighted by Crippen LogP contribution is 2.36. The molecule has 1 unspecified atom stereocenters. The average molecular weight is 509 g/mol. The minimum atomic E-state index is -0.0972. The molecule has 1 aliphatic rings. The van der Waals surface area contributed by atoms with Crippen molar-refractivity contribution in [3.05, 3.63) is 63.6 Å². The van der Waals surface area contributed by atoms with Crippen LogP contribution in [0.5, 0.6) is 0 Å². The van der Waals surface area contributed by atoms with Crippen molar-refractivity contribution in [1.82, 2.24) is 5.01 Å². The van der Waals surface area contributed by atoms with Crippen molar-refractivity contribution < 1.29 is 4.79 Å². The molecule has 7 heteroatoms. The molecule has 0 saturated carbocycles. The van der Waals surface area contributed by atoms with Gasteiger partial charge in [0.05, 0.1) is 5.71 Å². The summed E-state index contributed by atoms with van der Waals surface area (Å²) in [5.41, 5.74) is 2.88. The summed E-state index contributed by atoms with van der Waals surface area (Å²) >= 11 is 11.4. The predicted molar refractivity (Wildman–Crippen MR) is 133 cm³/mol. The first-order chi connectivity index (χ1) is 14.3. The molecule has 0 radical (unpaired) electrons. The third kappa shape index (κ3) is 5.59. The number of likely N-dealkylation sites (N-methyl/N-ethyl adjacent to an activating group) is 1. The number of thioether (sulfide) groups is 1. The van der Waals surface area contributed by atoms with Gasteiger partial charge in [0.15, 0.2) is 0 Å². The Kier molecular flexibility index (Phi) is 7.88. The monoisotopic (exact) mass is 507 g/mol. The largest absolute Gasteiger partial charge is 0.314 e. The molecule has 2 aromatic carbocycles. The number of rotatable bonds is 8. The Bertz CT molecular complexity index is 904. The van der Waals surface area contributed by atoms with E-state index in [1.165, 1.54) is 0 Å². The number of halogens is 2.